The molecule has 0 amide bonds. The van der Waals surface area contributed by atoms with Crippen LogP contribution in [-0.4, -0.2) is 15.2 Å². The predicted molar refractivity (Wildman–Crippen MR) is 93.8 cm³/mol. The molecule has 6 heteroatoms. The number of aryl methyl sites for hydroxylation is 2. The van der Waals surface area contributed by atoms with Crippen molar-refractivity contribution in [1.29, 1.82) is 0 Å². The lowest BCUT2D eigenvalue weighted by Gasteiger charge is -2.11. The first-order valence-electron chi connectivity index (χ1n) is 8.45. The van der Waals surface area contributed by atoms with Gasteiger partial charge in [-0.2, -0.15) is 0 Å². The molecular weight excluding hydrogens is 316 g/mol. The molecule has 3 aromatic rings. The van der Waals surface area contributed by atoms with Crippen LogP contribution in [0.5, 0.6) is 11.6 Å². The minimum absolute atomic E-state index is 0.474. The van der Waals surface area contributed by atoms with E-state index in [2.05, 4.69) is 20.5 Å². The van der Waals surface area contributed by atoms with Crippen LogP contribution in [-0.2, 0) is 6.54 Å². The van der Waals surface area contributed by atoms with E-state index in [1.165, 1.54) is 0 Å². The van der Waals surface area contributed by atoms with Crippen LogP contribution in [0.2, 0.25) is 0 Å². The molecule has 0 unspecified atom stereocenters. The highest BCUT2D eigenvalue weighted by Crippen LogP contribution is 2.39. The van der Waals surface area contributed by atoms with Gasteiger partial charge in [0.1, 0.15) is 5.75 Å². The lowest BCUT2D eigenvalue weighted by molar-refractivity contribution is 0.455. The van der Waals surface area contributed by atoms with Gasteiger partial charge >= 0.3 is 0 Å². The lowest BCUT2D eigenvalue weighted by atomic mass is 10.2. The number of anilines is 1. The van der Waals surface area contributed by atoms with E-state index >= 15 is 0 Å². The van der Waals surface area contributed by atoms with E-state index in [4.69, 9.17) is 9.15 Å². The number of hydrogen-bond acceptors (Lipinski definition) is 6. The van der Waals surface area contributed by atoms with Crippen LogP contribution in [0.15, 0.2) is 40.9 Å². The highest BCUT2D eigenvalue weighted by atomic mass is 16.5. The molecule has 128 valence electrons. The molecule has 1 N–H and O–H groups in total. The maximum Gasteiger partial charge on any atom is 0.235 e. The van der Waals surface area contributed by atoms with Crippen molar-refractivity contribution >= 4 is 5.69 Å². The fraction of sp³-hybridized carbons (Fsp3) is 0.316. The third kappa shape index (κ3) is 3.79. The van der Waals surface area contributed by atoms with E-state index in [1.54, 1.807) is 6.20 Å². The number of ether oxygens (including phenoxy) is 1. The van der Waals surface area contributed by atoms with Crippen LogP contribution in [0.25, 0.3) is 0 Å². The van der Waals surface area contributed by atoms with Gasteiger partial charge in [-0.25, -0.2) is 4.98 Å². The third-order valence-electron chi connectivity index (χ3n) is 4.15. The summed E-state index contributed by atoms with van der Waals surface area (Å²) in [4.78, 5) is 4.25. The maximum absolute atomic E-state index is 5.92. The Kier molecular flexibility index (Phi) is 4.09. The molecule has 25 heavy (non-hydrogen) atoms. The van der Waals surface area contributed by atoms with Gasteiger partial charge in [-0.1, -0.05) is 6.07 Å². The number of nitrogens with one attached hydrogen (secondary N) is 1. The quantitative estimate of drug-likeness (QED) is 0.721. The van der Waals surface area contributed by atoms with Gasteiger partial charge in [0.25, 0.3) is 0 Å². The standard InChI is InChI=1S/C19H20N4O2/c1-12-7-8-20-17(9-12)24-16-10-15(6-3-13(16)2)21-11-18-22-23-19(25-18)14-4-5-14/h3,6-10,14,21H,4-5,11H2,1-2H3. The Morgan fingerprint density at radius 1 is 1.16 bits per heavy atom. The van der Waals surface area contributed by atoms with Crippen LogP contribution >= 0.6 is 0 Å². The number of benzene rings is 1. The number of rotatable bonds is 6. The van der Waals surface area contributed by atoms with E-state index < -0.39 is 0 Å². The van der Waals surface area contributed by atoms with E-state index in [9.17, 15) is 0 Å². The molecule has 0 radical (unpaired) electrons. The zero-order valence-electron chi connectivity index (χ0n) is 14.3. The summed E-state index contributed by atoms with van der Waals surface area (Å²) in [6, 6.07) is 9.83. The van der Waals surface area contributed by atoms with Crippen molar-refractivity contribution in [2.75, 3.05) is 5.32 Å². The molecule has 2 aromatic heterocycles. The maximum atomic E-state index is 5.92. The van der Waals surface area contributed by atoms with Gasteiger partial charge in [-0.3, -0.25) is 0 Å². The second kappa shape index (κ2) is 6.55. The third-order valence-corrected chi connectivity index (χ3v) is 4.15. The SMILES string of the molecule is Cc1ccnc(Oc2cc(NCc3nnc(C4CC4)o3)ccc2C)c1. The van der Waals surface area contributed by atoms with Gasteiger partial charge in [0.05, 0.1) is 6.54 Å². The lowest BCUT2D eigenvalue weighted by Crippen LogP contribution is -2.00. The second-order valence-electron chi connectivity index (χ2n) is 6.42. The van der Waals surface area contributed by atoms with Gasteiger partial charge in [-0.05, 0) is 49.9 Å². The summed E-state index contributed by atoms with van der Waals surface area (Å²) in [5.41, 5.74) is 3.09. The molecule has 0 saturated heterocycles. The predicted octanol–water partition coefficient (Wildman–Crippen LogP) is 4.36. The van der Waals surface area contributed by atoms with Crippen LogP contribution in [0.1, 0.15) is 41.7 Å². The molecule has 1 saturated carbocycles. The molecule has 0 spiro atoms. The van der Waals surface area contributed by atoms with E-state index in [0.717, 1.165) is 41.3 Å². The summed E-state index contributed by atoms with van der Waals surface area (Å²) < 4.78 is 11.6. The minimum Gasteiger partial charge on any atom is -0.439 e. The molecule has 4 rings (SSSR count). The van der Waals surface area contributed by atoms with Crippen molar-refractivity contribution in [2.45, 2.75) is 39.2 Å². The molecular formula is C19H20N4O2. The first-order chi connectivity index (χ1) is 12.2. The smallest absolute Gasteiger partial charge is 0.235 e. The largest absolute Gasteiger partial charge is 0.439 e. The van der Waals surface area contributed by atoms with E-state index in [1.807, 2.05) is 44.2 Å². The van der Waals surface area contributed by atoms with Crippen LogP contribution in [0.3, 0.4) is 0 Å². The van der Waals surface area contributed by atoms with Gasteiger partial charge in [0.15, 0.2) is 0 Å². The Bertz CT molecular complexity index is 887. The molecule has 1 aliphatic carbocycles. The Labute approximate surface area is 146 Å². The normalized spacial score (nSPS) is 13.7. The zero-order chi connectivity index (χ0) is 17.2. The summed E-state index contributed by atoms with van der Waals surface area (Å²) in [7, 11) is 0. The second-order valence-corrected chi connectivity index (χ2v) is 6.42. The highest BCUT2D eigenvalue weighted by molar-refractivity contribution is 5.52. The average Bonchev–Trinajstić information content (AvgIpc) is 3.34. The molecule has 1 aliphatic rings. The molecule has 6 nitrogen and oxygen atoms in total. The summed E-state index contributed by atoms with van der Waals surface area (Å²) in [6.45, 7) is 4.51. The Hall–Kier alpha value is -2.89. The van der Waals surface area contributed by atoms with Crippen LogP contribution in [0.4, 0.5) is 5.69 Å². The number of nitrogens with zero attached hydrogens (tertiary/aromatic N) is 3. The first kappa shape index (κ1) is 15.6. The summed E-state index contributed by atoms with van der Waals surface area (Å²) in [5, 5.41) is 11.5. The van der Waals surface area contributed by atoms with Crippen molar-refractivity contribution in [1.82, 2.24) is 15.2 Å². The van der Waals surface area contributed by atoms with Gasteiger partial charge in [-0.15, -0.1) is 10.2 Å². The number of pyridine rings is 1. The van der Waals surface area contributed by atoms with Crippen LogP contribution < -0.4 is 10.1 Å². The molecule has 2 heterocycles. The van der Waals surface area contributed by atoms with Gasteiger partial charge < -0.3 is 14.5 Å². The summed E-state index contributed by atoms with van der Waals surface area (Å²) >= 11 is 0. The molecule has 1 aromatic carbocycles. The minimum atomic E-state index is 0.474. The average molecular weight is 336 g/mol. The van der Waals surface area contributed by atoms with Crippen molar-refractivity contribution in [3.05, 3.63) is 59.4 Å². The number of aromatic nitrogens is 3. The van der Waals surface area contributed by atoms with E-state index in [0.29, 0.717) is 24.2 Å². The highest BCUT2D eigenvalue weighted by Gasteiger charge is 2.29. The summed E-state index contributed by atoms with van der Waals surface area (Å²) in [6.07, 6.45) is 4.05. The van der Waals surface area contributed by atoms with Crippen molar-refractivity contribution in [3.8, 4) is 11.6 Å². The van der Waals surface area contributed by atoms with Crippen molar-refractivity contribution in [2.24, 2.45) is 0 Å². The molecule has 0 bridgehead atoms. The Morgan fingerprint density at radius 2 is 2.04 bits per heavy atom. The molecule has 0 aliphatic heterocycles. The Balaban J connectivity index is 1.44. The first-order valence-corrected chi connectivity index (χ1v) is 8.45. The zero-order valence-corrected chi connectivity index (χ0v) is 14.3. The van der Waals surface area contributed by atoms with Crippen LogP contribution in [0, 0.1) is 13.8 Å². The van der Waals surface area contributed by atoms with Crippen molar-refractivity contribution in [3.63, 3.8) is 0 Å². The monoisotopic (exact) mass is 336 g/mol. The van der Waals surface area contributed by atoms with Gasteiger partial charge in [0.2, 0.25) is 17.7 Å². The van der Waals surface area contributed by atoms with Crippen molar-refractivity contribution < 1.29 is 9.15 Å². The number of hydrogen-bond donors (Lipinski definition) is 1. The fourth-order valence-corrected chi connectivity index (χ4v) is 2.51. The molecule has 1 fully saturated rings. The van der Waals surface area contributed by atoms with E-state index in [-0.39, 0.29) is 0 Å². The summed E-state index contributed by atoms with van der Waals surface area (Å²) in [5.74, 6) is 3.20. The molecule has 0 atom stereocenters. The Morgan fingerprint density at radius 3 is 2.84 bits per heavy atom. The fourth-order valence-electron chi connectivity index (χ4n) is 2.51. The van der Waals surface area contributed by atoms with Gasteiger partial charge in [0, 0.05) is 29.9 Å². The topological polar surface area (TPSA) is 73.1 Å².